The molecule has 0 fully saturated rings. The van der Waals surface area contributed by atoms with Crippen molar-refractivity contribution in [3.8, 4) is 0 Å². The summed E-state index contributed by atoms with van der Waals surface area (Å²) in [6.07, 6.45) is 0. The summed E-state index contributed by atoms with van der Waals surface area (Å²) in [4.78, 5) is 10.6. The standard InChI is InChI=1S/C5H7BO4/c1-3-4(6(8)9)2-10-5(3)7/h8-9H,2H2,1H3. The third-order valence-electron chi connectivity index (χ3n) is 1.46. The topological polar surface area (TPSA) is 66.8 Å². The lowest BCUT2D eigenvalue weighted by Gasteiger charge is -1.95. The van der Waals surface area contributed by atoms with E-state index in [1.165, 1.54) is 6.92 Å². The Morgan fingerprint density at radius 2 is 2.20 bits per heavy atom. The van der Waals surface area contributed by atoms with Gasteiger partial charge in [0, 0.05) is 11.0 Å². The Morgan fingerprint density at radius 3 is 2.40 bits per heavy atom. The number of esters is 1. The molecule has 2 N–H and O–H groups in total. The fraction of sp³-hybridized carbons (Fsp3) is 0.400. The van der Waals surface area contributed by atoms with Crippen LogP contribution in [-0.2, 0) is 9.53 Å². The van der Waals surface area contributed by atoms with Crippen LogP contribution in [0.2, 0.25) is 0 Å². The van der Waals surface area contributed by atoms with Crippen molar-refractivity contribution < 1.29 is 19.6 Å². The average molecular weight is 142 g/mol. The minimum Gasteiger partial charge on any atom is -0.458 e. The fourth-order valence-electron chi connectivity index (χ4n) is 0.759. The SMILES string of the molecule is CC1=C(B(O)O)COC1=O. The van der Waals surface area contributed by atoms with Gasteiger partial charge in [-0.3, -0.25) is 0 Å². The molecule has 0 bridgehead atoms. The lowest BCUT2D eigenvalue weighted by molar-refractivity contribution is -0.135. The van der Waals surface area contributed by atoms with Gasteiger partial charge in [0.05, 0.1) is 0 Å². The molecule has 4 nitrogen and oxygen atoms in total. The van der Waals surface area contributed by atoms with Gasteiger partial charge in [-0.25, -0.2) is 4.79 Å². The lowest BCUT2D eigenvalue weighted by atomic mass is 9.78. The van der Waals surface area contributed by atoms with Crippen molar-refractivity contribution in [2.75, 3.05) is 6.61 Å². The molecule has 0 spiro atoms. The van der Waals surface area contributed by atoms with E-state index in [1.54, 1.807) is 0 Å². The highest BCUT2D eigenvalue weighted by Gasteiger charge is 2.28. The van der Waals surface area contributed by atoms with Gasteiger partial charge < -0.3 is 14.8 Å². The summed E-state index contributed by atoms with van der Waals surface area (Å²) < 4.78 is 4.51. The molecule has 1 aliphatic heterocycles. The van der Waals surface area contributed by atoms with Gasteiger partial charge in [0.2, 0.25) is 0 Å². The first kappa shape index (κ1) is 7.30. The molecule has 0 atom stereocenters. The Labute approximate surface area is 58.3 Å². The highest BCUT2D eigenvalue weighted by Crippen LogP contribution is 2.15. The van der Waals surface area contributed by atoms with E-state index in [0.717, 1.165) is 0 Å². The number of carbonyl (C=O) groups excluding carboxylic acids is 1. The molecule has 10 heavy (non-hydrogen) atoms. The zero-order valence-corrected chi connectivity index (χ0v) is 5.50. The molecule has 5 heteroatoms. The average Bonchev–Trinajstić information content (AvgIpc) is 2.14. The molecule has 0 aliphatic carbocycles. The molecule has 0 saturated heterocycles. The number of ether oxygens (including phenoxy) is 1. The molecule has 0 saturated carbocycles. The van der Waals surface area contributed by atoms with E-state index in [0.29, 0.717) is 5.57 Å². The van der Waals surface area contributed by atoms with Gasteiger partial charge in [-0.2, -0.15) is 0 Å². The largest absolute Gasteiger partial charge is 0.488 e. The maximum absolute atomic E-state index is 10.6. The first-order chi connectivity index (χ1) is 4.63. The number of cyclic esters (lactones) is 1. The molecule has 0 aromatic rings. The van der Waals surface area contributed by atoms with Gasteiger partial charge in [-0.15, -0.1) is 0 Å². The summed E-state index contributed by atoms with van der Waals surface area (Å²) in [5.41, 5.74) is 0.556. The zero-order valence-electron chi connectivity index (χ0n) is 5.50. The summed E-state index contributed by atoms with van der Waals surface area (Å²) in [6, 6.07) is 0. The summed E-state index contributed by atoms with van der Waals surface area (Å²) >= 11 is 0. The maximum Gasteiger partial charge on any atom is 0.488 e. The van der Waals surface area contributed by atoms with E-state index in [9.17, 15) is 4.79 Å². The Morgan fingerprint density at radius 1 is 1.60 bits per heavy atom. The van der Waals surface area contributed by atoms with Crippen molar-refractivity contribution >= 4 is 13.1 Å². The molecule has 0 aromatic carbocycles. The van der Waals surface area contributed by atoms with E-state index < -0.39 is 13.1 Å². The molecule has 0 radical (unpaired) electrons. The number of carbonyl (C=O) groups is 1. The Hall–Kier alpha value is -0.805. The molecule has 0 amide bonds. The minimum atomic E-state index is -1.56. The first-order valence-electron chi connectivity index (χ1n) is 2.86. The highest BCUT2D eigenvalue weighted by atomic mass is 16.5. The smallest absolute Gasteiger partial charge is 0.458 e. The number of rotatable bonds is 1. The quantitative estimate of drug-likeness (QED) is 0.359. The fourth-order valence-corrected chi connectivity index (χ4v) is 0.759. The van der Waals surface area contributed by atoms with Crippen molar-refractivity contribution in [1.29, 1.82) is 0 Å². The third kappa shape index (κ3) is 1.05. The van der Waals surface area contributed by atoms with Gasteiger partial charge in [-0.1, -0.05) is 0 Å². The van der Waals surface area contributed by atoms with Crippen LogP contribution in [0.3, 0.4) is 0 Å². The maximum atomic E-state index is 10.6. The molecule has 0 aromatic heterocycles. The van der Waals surface area contributed by atoms with E-state index in [-0.39, 0.29) is 12.1 Å². The van der Waals surface area contributed by atoms with E-state index in [1.807, 2.05) is 0 Å². The van der Waals surface area contributed by atoms with E-state index in [2.05, 4.69) is 4.74 Å². The van der Waals surface area contributed by atoms with E-state index in [4.69, 9.17) is 10.0 Å². The monoisotopic (exact) mass is 142 g/mol. The number of hydrogen-bond acceptors (Lipinski definition) is 4. The van der Waals surface area contributed by atoms with Gasteiger partial charge in [-0.05, 0) is 6.92 Å². The van der Waals surface area contributed by atoms with Crippen molar-refractivity contribution in [2.24, 2.45) is 0 Å². The normalized spacial score (nSPS) is 17.7. The molecule has 0 unspecified atom stereocenters. The van der Waals surface area contributed by atoms with Crippen molar-refractivity contribution in [1.82, 2.24) is 0 Å². The summed E-state index contributed by atoms with van der Waals surface area (Å²) in [5, 5.41) is 17.2. The number of hydrogen-bond donors (Lipinski definition) is 2. The van der Waals surface area contributed by atoms with Crippen molar-refractivity contribution in [3.63, 3.8) is 0 Å². The van der Waals surface area contributed by atoms with Crippen LogP contribution in [0.25, 0.3) is 0 Å². The Kier molecular flexibility index (Phi) is 1.78. The lowest BCUT2D eigenvalue weighted by Crippen LogP contribution is -2.17. The molecule has 1 heterocycles. The molecule has 1 aliphatic rings. The van der Waals surface area contributed by atoms with Crippen molar-refractivity contribution in [2.45, 2.75) is 6.92 Å². The van der Waals surface area contributed by atoms with E-state index >= 15 is 0 Å². The summed E-state index contributed by atoms with van der Waals surface area (Å²) in [6.45, 7) is 1.51. The molecular weight excluding hydrogens is 135 g/mol. The van der Waals surface area contributed by atoms with Crippen LogP contribution < -0.4 is 0 Å². The molecular formula is C5H7BO4. The molecule has 54 valence electrons. The van der Waals surface area contributed by atoms with Crippen LogP contribution in [0.15, 0.2) is 11.0 Å². The second-order valence-corrected chi connectivity index (χ2v) is 2.10. The van der Waals surface area contributed by atoms with Crippen LogP contribution in [0.4, 0.5) is 0 Å². The Balaban J connectivity index is 2.85. The predicted octanol–water partition coefficient (Wildman–Crippen LogP) is -1.13. The third-order valence-corrected chi connectivity index (χ3v) is 1.46. The van der Waals surface area contributed by atoms with Crippen LogP contribution in [0.1, 0.15) is 6.92 Å². The van der Waals surface area contributed by atoms with Crippen LogP contribution in [0, 0.1) is 0 Å². The first-order valence-corrected chi connectivity index (χ1v) is 2.86. The predicted molar refractivity (Wildman–Crippen MR) is 33.9 cm³/mol. The second-order valence-electron chi connectivity index (χ2n) is 2.10. The van der Waals surface area contributed by atoms with Gasteiger partial charge in [0.25, 0.3) is 0 Å². The van der Waals surface area contributed by atoms with Crippen molar-refractivity contribution in [3.05, 3.63) is 11.0 Å². The van der Waals surface area contributed by atoms with Crippen LogP contribution in [0.5, 0.6) is 0 Å². The van der Waals surface area contributed by atoms with Crippen LogP contribution in [-0.4, -0.2) is 29.7 Å². The van der Waals surface area contributed by atoms with Gasteiger partial charge in [0.1, 0.15) is 6.61 Å². The minimum absolute atomic E-state index is 0.00231. The Bertz CT molecular complexity index is 196. The van der Waals surface area contributed by atoms with Gasteiger partial charge in [0.15, 0.2) is 0 Å². The summed E-state index contributed by atoms with van der Waals surface area (Å²) in [5.74, 6) is -0.469. The summed E-state index contributed by atoms with van der Waals surface area (Å²) in [7, 11) is -1.56. The van der Waals surface area contributed by atoms with Crippen LogP contribution >= 0.6 is 0 Å². The second kappa shape index (κ2) is 2.44. The van der Waals surface area contributed by atoms with Gasteiger partial charge >= 0.3 is 13.1 Å². The highest BCUT2D eigenvalue weighted by molar-refractivity contribution is 6.52. The molecule has 1 rings (SSSR count). The zero-order chi connectivity index (χ0) is 7.72.